The lowest BCUT2D eigenvalue weighted by Crippen LogP contribution is -2.37. The van der Waals surface area contributed by atoms with Gasteiger partial charge in [0.25, 0.3) is 0 Å². The Morgan fingerprint density at radius 3 is 2.56 bits per heavy atom. The number of anilines is 1. The van der Waals surface area contributed by atoms with E-state index in [-0.39, 0.29) is 11.3 Å². The normalized spacial score (nSPS) is 19.6. The Morgan fingerprint density at radius 1 is 1.33 bits per heavy atom. The van der Waals surface area contributed by atoms with Crippen molar-refractivity contribution in [2.24, 2.45) is 5.41 Å². The van der Waals surface area contributed by atoms with Gasteiger partial charge in [-0.3, -0.25) is 4.79 Å². The van der Waals surface area contributed by atoms with Gasteiger partial charge in [0, 0.05) is 19.2 Å². The molecular formula is C16H23NO. The molecule has 98 valence electrons. The Morgan fingerprint density at radius 2 is 2.00 bits per heavy atom. The van der Waals surface area contributed by atoms with Crippen molar-refractivity contribution in [3.63, 3.8) is 0 Å². The summed E-state index contributed by atoms with van der Waals surface area (Å²) in [5.41, 5.74) is 3.96. The van der Waals surface area contributed by atoms with Crippen molar-refractivity contribution in [2.75, 3.05) is 11.4 Å². The smallest absolute Gasteiger partial charge is 0.223 e. The molecule has 0 N–H and O–H groups in total. The SMILES string of the molecule is CC(=O)N1CCC(C(C)(C)C)c2cc(C)ccc21. The quantitative estimate of drug-likeness (QED) is 0.679. The zero-order valence-electron chi connectivity index (χ0n) is 12.1. The van der Waals surface area contributed by atoms with Crippen LogP contribution in [-0.2, 0) is 4.79 Å². The van der Waals surface area contributed by atoms with Crippen molar-refractivity contribution >= 4 is 11.6 Å². The van der Waals surface area contributed by atoms with Crippen LogP contribution in [0.25, 0.3) is 0 Å². The Hall–Kier alpha value is -1.31. The summed E-state index contributed by atoms with van der Waals surface area (Å²) >= 11 is 0. The molecule has 1 aliphatic rings. The van der Waals surface area contributed by atoms with Crippen molar-refractivity contribution in [3.8, 4) is 0 Å². The van der Waals surface area contributed by atoms with Crippen molar-refractivity contribution in [3.05, 3.63) is 29.3 Å². The van der Waals surface area contributed by atoms with Crippen LogP contribution in [0.4, 0.5) is 5.69 Å². The molecule has 0 saturated carbocycles. The fourth-order valence-electron chi connectivity index (χ4n) is 2.96. The van der Waals surface area contributed by atoms with E-state index in [2.05, 4.69) is 45.9 Å². The predicted molar refractivity (Wildman–Crippen MR) is 76.0 cm³/mol. The Balaban J connectivity index is 2.53. The molecule has 18 heavy (non-hydrogen) atoms. The van der Waals surface area contributed by atoms with Crippen molar-refractivity contribution in [1.82, 2.24) is 0 Å². The molecule has 1 aromatic carbocycles. The van der Waals surface area contributed by atoms with Gasteiger partial charge in [0.05, 0.1) is 0 Å². The Kier molecular flexibility index (Phi) is 3.22. The molecule has 1 amide bonds. The topological polar surface area (TPSA) is 20.3 Å². The predicted octanol–water partition coefficient (Wildman–Crippen LogP) is 3.88. The van der Waals surface area contributed by atoms with Gasteiger partial charge in [-0.1, -0.05) is 38.5 Å². The Bertz CT molecular complexity index is 470. The maximum absolute atomic E-state index is 11.7. The van der Waals surface area contributed by atoms with E-state index in [1.807, 2.05) is 4.90 Å². The largest absolute Gasteiger partial charge is 0.312 e. The van der Waals surface area contributed by atoms with E-state index in [1.54, 1.807) is 6.92 Å². The second kappa shape index (κ2) is 4.42. The first-order chi connectivity index (χ1) is 8.30. The fourth-order valence-corrected chi connectivity index (χ4v) is 2.96. The molecule has 2 heteroatoms. The first-order valence-electron chi connectivity index (χ1n) is 6.69. The average Bonchev–Trinajstić information content (AvgIpc) is 2.25. The molecule has 0 saturated heterocycles. The van der Waals surface area contributed by atoms with Crippen LogP contribution in [-0.4, -0.2) is 12.5 Å². The zero-order valence-corrected chi connectivity index (χ0v) is 12.1. The minimum Gasteiger partial charge on any atom is -0.312 e. The van der Waals surface area contributed by atoms with Gasteiger partial charge in [0.1, 0.15) is 0 Å². The molecule has 0 spiro atoms. The number of carbonyl (C=O) groups is 1. The molecule has 2 nitrogen and oxygen atoms in total. The minimum atomic E-state index is 0.146. The molecule has 0 bridgehead atoms. The number of benzene rings is 1. The van der Waals surface area contributed by atoms with E-state index in [0.29, 0.717) is 5.92 Å². The molecule has 1 unspecified atom stereocenters. The third kappa shape index (κ3) is 2.29. The van der Waals surface area contributed by atoms with E-state index in [0.717, 1.165) is 18.7 Å². The highest BCUT2D eigenvalue weighted by atomic mass is 16.2. The van der Waals surface area contributed by atoms with E-state index < -0.39 is 0 Å². The summed E-state index contributed by atoms with van der Waals surface area (Å²) in [7, 11) is 0. The number of nitrogens with zero attached hydrogens (tertiary/aromatic N) is 1. The van der Waals surface area contributed by atoms with Crippen LogP contribution >= 0.6 is 0 Å². The van der Waals surface area contributed by atoms with E-state index in [1.165, 1.54) is 11.1 Å². The van der Waals surface area contributed by atoms with Crippen molar-refractivity contribution < 1.29 is 4.79 Å². The number of fused-ring (bicyclic) bond motifs is 1. The number of hydrogen-bond donors (Lipinski definition) is 0. The lowest BCUT2D eigenvalue weighted by molar-refractivity contribution is -0.116. The van der Waals surface area contributed by atoms with Gasteiger partial charge in [-0.2, -0.15) is 0 Å². The van der Waals surface area contributed by atoms with Crippen LogP contribution in [0.15, 0.2) is 18.2 Å². The average molecular weight is 245 g/mol. The summed E-state index contributed by atoms with van der Waals surface area (Å²) in [6.07, 6.45) is 1.06. The summed E-state index contributed by atoms with van der Waals surface area (Å²) in [5, 5.41) is 0. The second-order valence-electron chi connectivity index (χ2n) is 6.44. The van der Waals surface area contributed by atoms with Gasteiger partial charge >= 0.3 is 0 Å². The molecule has 0 fully saturated rings. The summed E-state index contributed by atoms with van der Waals surface area (Å²) in [5.74, 6) is 0.676. The molecule has 0 aliphatic carbocycles. The first kappa shape index (κ1) is 13.1. The van der Waals surface area contributed by atoms with Crippen LogP contribution < -0.4 is 4.90 Å². The first-order valence-corrected chi connectivity index (χ1v) is 6.69. The molecule has 1 heterocycles. The highest BCUT2D eigenvalue weighted by molar-refractivity contribution is 5.93. The van der Waals surface area contributed by atoms with Gasteiger partial charge in [-0.05, 0) is 36.3 Å². The molecule has 0 aromatic heterocycles. The standard InChI is InChI=1S/C16H23NO/c1-11-6-7-15-13(10-11)14(16(3,4)5)8-9-17(15)12(2)18/h6-7,10,14H,8-9H2,1-5H3. The monoisotopic (exact) mass is 245 g/mol. The summed E-state index contributed by atoms with van der Waals surface area (Å²) < 4.78 is 0. The Labute approximate surface area is 110 Å². The van der Waals surface area contributed by atoms with E-state index in [9.17, 15) is 4.79 Å². The second-order valence-corrected chi connectivity index (χ2v) is 6.44. The lowest BCUT2D eigenvalue weighted by Gasteiger charge is -2.40. The number of hydrogen-bond acceptors (Lipinski definition) is 1. The maximum Gasteiger partial charge on any atom is 0.223 e. The molecular weight excluding hydrogens is 222 g/mol. The third-order valence-electron chi connectivity index (χ3n) is 3.92. The summed E-state index contributed by atoms with van der Waals surface area (Å²) in [6, 6.07) is 6.45. The van der Waals surface area contributed by atoms with Crippen LogP contribution in [0.2, 0.25) is 0 Å². The van der Waals surface area contributed by atoms with Gasteiger partial charge in [-0.25, -0.2) is 0 Å². The van der Waals surface area contributed by atoms with Crippen molar-refractivity contribution in [1.29, 1.82) is 0 Å². The number of carbonyl (C=O) groups excluding carboxylic acids is 1. The third-order valence-corrected chi connectivity index (χ3v) is 3.92. The van der Waals surface area contributed by atoms with E-state index >= 15 is 0 Å². The zero-order chi connectivity index (χ0) is 13.5. The number of rotatable bonds is 0. The molecule has 1 aromatic rings. The number of amides is 1. The van der Waals surface area contributed by atoms with Crippen LogP contribution in [0.1, 0.15) is 51.2 Å². The minimum absolute atomic E-state index is 0.146. The number of aryl methyl sites for hydroxylation is 1. The molecule has 1 atom stereocenters. The van der Waals surface area contributed by atoms with Crippen LogP contribution in [0, 0.1) is 12.3 Å². The van der Waals surface area contributed by atoms with Gasteiger partial charge in [0.2, 0.25) is 5.91 Å². The molecule has 0 radical (unpaired) electrons. The molecule has 2 rings (SSSR count). The van der Waals surface area contributed by atoms with Crippen LogP contribution in [0.3, 0.4) is 0 Å². The molecule has 1 aliphatic heterocycles. The van der Waals surface area contributed by atoms with Crippen LogP contribution in [0.5, 0.6) is 0 Å². The maximum atomic E-state index is 11.7. The van der Waals surface area contributed by atoms with E-state index in [4.69, 9.17) is 0 Å². The van der Waals surface area contributed by atoms with Gasteiger partial charge in [-0.15, -0.1) is 0 Å². The highest BCUT2D eigenvalue weighted by Gasteiger charge is 2.34. The van der Waals surface area contributed by atoms with Gasteiger partial charge < -0.3 is 4.90 Å². The summed E-state index contributed by atoms with van der Waals surface area (Å²) in [4.78, 5) is 13.6. The fraction of sp³-hybridized carbons (Fsp3) is 0.562. The lowest BCUT2D eigenvalue weighted by atomic mass is 9.72. The van der Waals surface area contributed by atoms with Gasteiger partial charge in [0.15, 0.2) is 0 Å². The summed E-state index contributed by atoms with van der Waals surface area (Å²) in [6.45, 7) is 11.5. The van der Waals surface area contributed by atoms with Crippen molar-refractivity contribution in [2.45, 2.75) is 47.0 Å². The highest BCUT2D eigenvalue weighted by Crippen LogP contribution is 2.45.